The van der Waals surface area contributed by atoms with Gasteiger partial charge in [0.1, 0.15) is 10.6 Å². The average molecular weight is 386 g/mol. The molecule has 1 N–H and O–H groups in total. The second-order valence-electron chi connectivity index (χ2n) is 8.11. The van der Waals surface area contributed by atoms with Crippen LogP contribution in [0, 0.1) is 0 Å². The van der Waals surface area contributed by atoms with Gasteiger partial charge in [0.05, 0.1) is 31.5 Å². The highest BCUT2D eigenvalue weighted by molar-refractivity contribution is 7.09. The predicted octanol–water partition coefficient (Wildman–Crippen LogP) is 2.38. The third-order valence-corrected chi connectivity index (χ3v) is 7.19. The van der Waals surface area contributed by atoms with E-state index in [0.717, 1.165) is 75.9 Å². The van der Waals surface area contributed by atoms with Gasteiger partial charge < -0.3 is 9.84 Å². The lowest BCUT2D eigenvalue weighted by molar-refractivity contribution is -0.102. The van der Waals surface area contributed by atoms with Gasteiger partial charge in [-0.25, -0.2) is 4.98 Å². The van der Waals surface area contributed by atoms with Crippen LogP contribution in [-0.4, -0.2) is 58.8 Å². The summed E-state index contributed by atoms with van der Waals surface area (Å²) in [5.41, 5.74) is 3.03. The van der Waals surface area contributed by atoms with Crippen molar-refractivity contribution in [3.63, 3.8) is 0 Å². The maximum atomic E-state index is 11.2. The van der Waals surface area contributed by atoms with Crippen LogP contribution in [-0.2, 0) is 29.8 Å². The van der Waals surface area contributed by atoms with E-state index in [1.54, 1.807) is 11.3 Å². The van der Waals surface area contributed by atoms with E-state index in [-0.39, 0.29) is 0 Å². The molecule has 6 heteroatoms. The van der Waals surface area contributed by atoms with Crippen LogP contribution in [0.15, 0.2) is 29.6 Å². The molecule has 0 radical (unpaired) electrons. The standard InChI is InChI=1S/C21H27N3O2S/c25-21(6-9-24(10-7-21)18-13-26-14-18)19-15-27-20(22-19)12-23-8-5-16-3-1-2-4-17(16)11-23/h1-4,15,18,25H,5-14H2. The lowest BCUT2D eigenvalue weighted by atomic mass is 9.88. The zero-order valence-corrected chi connectivity index (χ0v) is 16.5. The summed E-state index contributed by atoms with van der Waals surface area (Å²) < 4.78 is 5.30. The van der Waals surface area contributed by atoms with E-state index in [1.165, 1.54) is 11.1 Å². The number of aromatic nitrogens is 1. The Balaban J connectivity index is 1.21. The average Bonchev–Trinajstić information content (AvgIpc) is 3.12. The summed E-state index contributed by atoms with van der Waals surface area (Å²) in [4.78, 5) is 9.76. The van der Waals surface area contributed by atoms with Crippen LogP contribution in [0.5, 0.6) is 0 Å². The first-order chi connectivity index (χ1) is 13.2. The number of nitrogens with zero attached hydrogens (tertiary/aromatic N) is 3. The Kier molecular flexibility index (Phi) is 4.78. The van der Waals surface area contributed by atoms with E-state index in [1.807, 2.05) is 0 Å². The molecular weight excluding hydrogens is 358 g/mol. The molecule has 5 rings (SSSR count). The zero-order valence-electron chi connectivity index (χ0n) is 15.6. The van der Waals surface area contributed by atoms with Crippen LogP contribution in [0.3, 0.4) is 0 Å². The first-order valence-electron chi connectivity index (χ1n) is 9.98. The van der Waals surface area contributed by atoms with Crippen LogP contribution < -0.4 is 0 Å². The molecule has 2 fully saturated rings. The highest BCUT2D eigenvalue weighted by Gasteiger charge is 2.39. The van der Waals surface area contributed by atoms with E-state index in [0.29, 0.717) is 6.04 Å². The molecule has 1 aromatic heterocycles. The summed E-state index contributed by atoms with van der Waals surface area (Å²) in [5, 5.41) is 14.4. The maximum Gasteiger partial charge on any atom is 0.110 e. The highest BCUT2D eigenvalue weighted by atomic mass is 32.1. The molecule has 2 saturated heterocycles. The fourth-order valence-electron chi connectivity index (χ4n) is 4.43. The van der Waals surface area contributed by atoms with Gasteiger partial charge in [0, 0.05) is 31.6 Å². The summed E-state index contributed by atoms with van der Waals surface area (Å²) in [7, 11) is 0. The number of ether oxygens (including phenoxy) is 1. The minimum absolute atomic E-state index is 0.558. The van der Waals surface area contributed by atoms with Gasteiger partial charge in [0.15, 0.2) is 0 Å². The molecule has 0 bridgehead atoms. The third-order valence-electron chi connectivity index (χ3n) is 6.36. The van der Waals surface area contributed by atoms with E-state index >= 15 is 0 Å². The highest BCUT2D eigenvalue weighted by Crippen LogP contribution is 2.35. The molecule has 0 unspecified atom stereocenters. The number of fused-ring (bicyclic) bond motifs is 1. The fourth-order valence-corrected chi connectivity index (χ4v) is 5.35. The lowest BCUT2D eigenvalue weighted by Gasteiger charge is -2.43. The number of likely N-dealkylation sites (tertiary alicyclic amines) is 1. The molecule has 1 aromatic carbocycles. The molecule has 27 heavy (non-hydrogen) atoms. The lowest BCUT2D eigenvalue weighted by Crippen LogP contribution is -2.54. The summed E-state index contributed by atoms with van der Waals surface area (Å²) in [6.07, 6.45) is 2.65. The number of piperidine rings is 1. The Labute approximate surface area is 164 Å². The van der Waals surface area contributed by atoms with Crippen LogP contribution in [0.1, 0.15) is 34.7 Å². The van der Waals surface area contributed by atoms with Crippen LogP contribution >= 0.6 is 11.3 Å². The first-order valence-corrected chi connectivity index (χ1v) is 10.9. The number of hydrogen-bond acceptors (Lipinski definition) is 6. The molecule has 3 aliphatic rings. The maximum absolute atomic E-state index is 11.2. The molecule has 3 aliphatic heterocycles. The smallest absolute Gasteiger partial charge is 0.110 e. The van der Waals surface area contributed by atoms with Gasteiger partial charge in [-0.3, -0.25) is 9.80 Å². The Morgan fingerprint density at radius 2 is 1.93 bits per heavy atom. The van der Waals surface area contributed by atoms with Gasteiger partial charge >= 0.3 is 0 Å². The van der Waals surface area contributed by atoms with Crippen molar-refractivity contribution in [1.29, 1.82) is 0 Å². The van der Waals surface area contributed by atoms with E-state index < -0.39 is 5.60 Å². The fraction of sp³-hybridized carbons (Fsp3) is 0.571. The van der Waals surface area contributed by atoms with Gasteiger partial charge in [0.2, 0.25) is 0 Å². The molecule has 0 amide bonds. The number of benzene rings is 1. The van der Waals surface area contributed by atoms with Gasteiger partial charge in [-0.2, -0.15) is 0 Å². The minimum Gasteiger partial charge on any atom is -0.383 e. The van der Waals surface area contributed by atoms with Crippen molar-refractivity contribution in [2.24, 2.45) is 0 Å². The normalized spacial score (nSPS) is 23.7. The van der Waals surface area contributed by atoms with Crippen molar-refractivity contribution in [2.75, 3.05) is 32.8 Å². The number of thiazole rings is 1. The zero-order chi connectivity index (χ0) is 18.3. The largest absolute Gasteiger partial charge is 0.383 e. The van der Waals surface area contributed by atoms with Gasteiger partial charge in [-0.1, -0.05) is 24.3 Å². The Bertz CT molecular complexity index is 796. The molecule has 0 atom stereocenters. The van der Waals surface area contributed by atoms with Gasteiger partial charge in [-0.15, -0.1) is 11.3 Å². The Morgan fingerprint density at radius 1 is 1.15 bits per heavy atom. The topological polar surface area (TPSA) is 48.8 Å². The van der Waals surface area contributed by atoms with Crippen molar-refractivity contribution in [1.82, 2.24) is 14.8 Å². The molecular formula is C21H27N3O2S. The van der Waals surface area contributed by atoms with Crippen LogP contribution in [0.2, 0.25) is 0 Å². The van der Waals surface area contributed by atoms with Crippen LogP contribution in [0.4, 0.5) is 0 Å². The van der Waals surface area contributed by atoms with E-state index in [4.69, 9.17) is 9.72 Å². The predicted molar refractivity (Wildman–Crippen MR) is 106 cm³/mol. The number of hydrogen-bond donors (Lipinski definition) is 1. The quantitative estimate of drug-likeness (QED) is 0.876. The minimum atomic E-state index is -0.760. The second-order valence-corrected chi connectivity index (χ2v) is 9.06. The molecule has 144 valence electrons. The van der Waals surface area contributed by atoms with Crippen molar-refractivity contribution >= 4 is 11.3 Å². The van der Waals surface area contributed by atoms with Gasteiger partial charge in [0.25, 0.3) is 0 Å². The SMILES string of the molecule is OC1(c2csc(CN3CCc4ccccc4C3)n2)CCN(C2COC2)CC1. The summed E-state index contributed by atoms with van der Waals surface area (Å²) >= 11 is 1.69. The molecule has 5 nitrogen and oxygen atoms in total. The molecule has 4 heterocycles. The Morgan fingerprint density at radius 3 is 2.67 bits per heavy atom. The van der Waals surface area contributed by atoms with E-state index in [9.17, 15) is 5.11 Å². The number of rotatable bonds is 4. The second kappa shape index (κ2) is 7.26. The molecule has 0 aliphatic carbocycles. The first kappa shape index (κ1) is 17.8. The molecule has 2 aromatic rings. The van der Waals surface area contributed by atoms with Crippen molar-refractivity contribution in [2.45, 2.75) is 44.0 Å². The van der Waals surface area contributed by atoms with E-state index in [2.05, 4.69) is 39.4 Å². The van der Waals surface area contributed by atoms with Crippen molar-refractivity contribution in [3.05, 3.63) is 51.5 Å². The van der Waals surface area contributed by atoms with Crippen molar-refractivity contribution in [3.8, 4) is 0 Å². The third kappa shape index (κ3) is 3.57. The monoisotopic (exact) mass is 385 g/mol. The number of aliphatic hydroxyl groups is 1. The molecule has 0 saturated carbocycles. The summed E-state index contributed by atoms with van der Waals surface area (Å²) in [6.45, 7) is 6.50. The van der Waals surface area contributed by atoms with Crippen molar-refractivity contribution < 1.29 is 9.84 Å². The Hall–Kier alpha value is -1.31. The van der Waals surface area contributed by atoms with Gasteiger partial charge in [-0.05, 0) is 30.4 Å². The van der Waals surface area contributed by atoms with Crippen LogP contribution in [0.25, 0.3) is 0 Å². The summed E-state index contributed by atoms with van der Waals surface area (Å²) in [6, 6.07) is 9.29. The summed E-state index contributed by atoms with van der Waals surface area (Å²) in [5.74, 6) is 0. The molecule has 0 spiro atoms.